The summed E-state index contributed by atoms with van der Waals surface area (Å²) < 4.78 is 5.74. The molecule has 118 valence electrons. The second kappa shape index (κ2) is 6.76. The van der Waals surface area contributed by atoms with Gasteiger partial charge in [-0.1, -0.05) is 30.0 Å². The fraction of sp³-hybridized carbons (Fsp3) is 0.0526. The number of aromatic nitrogens is 3. The Morgan fingerprint density at radius 3 is 2.71 bits per heavy atom. The number of H-pyrrole nitrogens is 1. The lowest BCUT2D eigenvalue weighted by Gasteiger charge is -2.02. The Morgan fingerprint density at radius 2 is 1.88 bits per heavy atom. The molecule has 0 aliphatic heterocycles. The van der Waals surface area contributed by atoms with E-state index in [1.54, 1.807) is 18.0 Å². The summed E-state index contributed by atoms with van der Waals surface area (Å²) in [5.41, 5.74) is 1.95. The molecule has 0 saturated heterocycles. The zero-order valence-electron chi connectivity index (χ0n) is 12.8. The lowest BCUT2D eigenvalue weighted by atomic mass is 10.3. The summed E-state index contributed by atoms with van der Waals surface area (Å²) in [4.78, 5) is 14.3. The molecule has 0 bridgehead atoms. The zero-order valence-corrected chi connectivity index (χ0v) is 13.7. The summed E-state index contributed by atoms with van der Waals surface area (Å²) in [6.07, 6.45) is 3.64. The van der Waals surface area contributed by atoms with Crippen LogP contribution in [0.25, 0.3) is 11.0 Å². The third-order valence-corrected chi connectivity index (χ3v) is 4.46. The van der Waals surface area contributed by atoms with E-state index in [1.807, 2.05) is 54.7 Å². The Labute approximate surface area is 143 Å². The molecule has 4 nitrogen and oxygen atoms in total. The lowest BCUT2D eigenvalue weighted by molar-refractivity contribution is 0.297. The van der Waals surface area contributed by atoms with Gasteiger partial charge in [0.1, 0.15) is 18.2 Å². The van der Waals surface area contributed by atoms with Crippen molar-refractivity contribution in [1.29, 1.82) is 0 Å². The second-order valence-corrected chi connectivity index (χ2v) is 6.40. The van der Waals surface area contributed by atoms with Crippen LogP contribution in [0, 0.1) is 0 Å². The van der Waals surface area contributed by atoms with Gasteiger partial charge in [-0.05, 0) is 42.5 Å². The normalized spacial score (nSPS) is 10.8. The quantitative estimate of drug-likeness (QED) is 0.576. The molecule has 0 radical (unpaired) electrons. The van der Waals surface area contributed by atoms with E-state index in [-0.39, 0.29) is 0 Å². The standard InChI is InChI=1S/C19H15N3OS/c1-2-5-14(6-3-1)23-13-19-21-17-9-8-15(11-18(17)22-19)24-16-7-4-10-20-12-16/h1-12H,13H2,(H,21,22). The molecule has 0 fully saturated rings. The van der Waals surface area contributed by atoms with Crippen LogP contribution in [0.1, 0.15) is 5.82 Å². The van der Waals surface area contributed by atoms with Gasteiger partial charge < -0.3 is 9.72 Å². The molecule has 5 heteroatoms. The van der Waals surface area contributed by atoms with Crippen molar-refractivity contribution < 1.29 is 4.74 Å². The van der Waals surface area contributed by atoms with Crippen LogP contribution in [0.2, 0.25) is 0 Å². The van der Waals surface area contributed by atoms with Gasteiger partial charge >= 0.3 is 0 Å². The predicted molar refractivity (Wildman–Crippen MR) is 95.2 cm³/mol. The highest BCUT2D eigenvalue weighted by atomic mass is 32.2. The number of nitrogens with zero attached hydrogens (tertiary/aromatic N) is 2. The maximum atomic E-state index is 5.74. The molecule has 0 atom stereocenters. The maximum Gasteiger partial charge on any atom is 0.146 e. The number of imidazole rings is 1. The fourth-order valence-corrected chi connectivity index (χ4v) is 3.22. The van der Waals surface area contributed by atoms with Gasteiger partial charge in [0.2, 0.25) is 0 Å². The Bertz CT molecular complexity index is 939. The Balaban J connectivity index is 1.51. The number of para-hydroxylation sites is 1. The van der Waals surface area contributed by atoms with Gasteiger partial charge in [-0.2, -0.15) is 0 Å². The Kier molecular flexibility index (Phi) is 4.16. The summed E-state index contributed by atoms with van der Waals surface area (Å²) in [7, 11) is 0. The molecular formula is C19H15N3OS. The van der Waals surface area contributed by atoms with Gasteiger partial charge in [-0.25, -0.2) is 4.98 Å². The topological polar surface area (TPSA) is 50.8 Å². The van der Waals surface area contributed by atoms with Crippen LogP contribution in [0.3, 0.4) is 0 Å². The number of pyridine rings is 1. The maximum absolute atomic E-state index is 5.74. The first-order valence-corrected chi connectivity index (χ1v) is 8.43. The average Bonchev–Trinajstić information content (AvgIpc) is 3.04. The highest BCUT2D eigenvalue weighted by Gasteiger charge is 2.06. The minimum absolute atomic E-state index is 0.420. The summed E-state index contributed by atoms with van der Waals surface area (Å²) in [5, 5.41) is 0. The first kappa shape index (κ1) is 14.8. The van der Waals surface area contributed by atoms with Gasteiger partial charge in [0.15, 0.2) is 0 Å². The molecule has 0 aliphatic rings. The largest absolute Gasteiger partial charge is 0.486 e. The van der Waals surface area contributed by atoms with Gasteiger partial charge in [-0.15, -0.1) is 0 Å². The number of benzene rings is 2. The number of fused-ring (bicyclic) bond motifs is 1. The van der Waals surface area contributed by atoms with Crippen molar-refractivity contribution in [3.05, 3.63) is 78.9 Å². The van der Waals surface area contributed by atoms with Crippen LogP contribution in [-0.4, -0.2) is 15.0 Å². The van der Waals surface area contributed by atoms with Gasteiger partial charge in [0.25, 0.3) is 0 Å². The molecule has 0 unspecified atom stereocenters. The van der Waals surface area contributed by atoms with Crippen molar-refractivity contribution in [1.82, 2.24) is 15.0 Å². The van der Waals surface area contributed by atoms with Gasteiger partial charge in [-0.3, -0.25) is 4.98 Å². The van der Waals surface area contributed by atoms with Crippen LogP contribution in [0.4, 0.5) is 0 Å². The molecule has 2 heterocycles. The second-order valence-electron chi connectivity index (χ2n) is 5.25. The van der Waals surface area contributed by atoms with Crippen molar-refractivity contribution in [2.75, 3.05) is 0 Å². The van der Waals surface area contributed by atoms with Gasteiger partial charge in [0, 0.05) is 22.2 Å². The smallest absolute Gasteiger partial charge is 0.146 e. The van der Waals surface area contributed by atoms with Crippen LogP contribution < -0.4 is 4.74 Å². The first-order chi connectivity index (χ1) is 11.9. The molecule has 4 aromatic rings. The number of aromatic amines is 1. The van der Waals surface area contributed by atoms with Crippen LogP contribution >= 0.6 is 11.8 Å². The molecule has 2 aromatic heterocycles. The summed E-state index contributed by atoms with van der Waals surface area (Å²) in [6.45, 7) is 0.420. The number of hydrogen-bond acceptors (Lipinski definition) is 4. The summed E-state index contributed by atoms with van der Waals surface area (Å²) >= 11 is 1.67. The van der Waals surface area contributed by atoms with E-state index < -0.39 is 0 Å². The van der Waals surface area contributed by atoms with E-state index in [4.69, 9.17) is 4.74 Å². The zero-order chi connectivity index (χ0) is 16.2. The minimum atomic E-state index is 0.420. The monoisotopic (exact) mass is 333 g/mol. The molecule has 0 saturated carbocycles. The Hall–Kier alpha value is -2.79. The van der Waals surface area contributed by atoms with E-state index in [0.717, 1.165) is 32.4 Å². The minimum Gasteiger partial charge on any atom is -0.486 e. The van der Waals surface area contributed by atoms with Crippen LogP contribution in [-0.2, 0) is 6.61 Å². The third kappa shape index (κ3) is 3.41. The van der Waals surface area contributed by atoms with E-state index in [0.29, 0.717) is 6.61 Å². The Morgan fingerprint density at radius 1 is 0.958 bits per heavy atom. The SMILES string of the molecule is c1ccc(OCc2nc3cc(Sc4cccnc4)ccc3[nH]2)cc1. The number of rotatable bonds is 5. The molecule has 1 N–H and O–H groups in total. The molecule has 24 heavy (non-hydrogen) atoms. The number of hydrogen-bond donors (Lipinski definition) is 1. The van der Waals surface area contributed by atoms with Crippen molar-refractivity contribution in [3.8, 4) is 5.75 Å². The molecular weight excluding hydrogens is 318 g/mol. The number of nitrogens with one attached hydrogen (secondary N) is 1. The van der Waals surface area contributed by atoms with Crippen molar-refractivity contribution in [2.45, 2.75) is 16.4 Å². The molecule has 0 aliphatic carbocycles. The van der Waals surface area contributed by atoms with Crippen molar-refractivity contribution in [2.24, 2.45) is 0 Å². The van der Waals surface area contributed by atoms with Gasteiger partial charge in [0.05, 0.1) is 11.0 Å². The van der Waals surface area contributed by atoms with E-state index >= 15 is 0 Å². The van der Waals surface area contributed by atoms with Crippen molar-refractivity contribution in [3.63, 3.8) is 0 Å². The van der Waals surface area contributed by atoms with Crippen LogP contribution in [0.15, 0.2) is 82.8 Å². The third-order valence-electron chi connectivity index (χ3n) is 3.49. The highest BCUT2D eigenvalue weighted by molar-refractivity contribution is 7.99. The van der Waals surface area contributed by atoms with Crippen LogP contribution in [0.5, 0.6) is 5.75 Å². The summed E-state index contributed by atoms with van der Waals surface area (Å²) in [5.74, 6) is 1.66. The summed E-state index contributed by atoms with van der Waals surface area (Å²) in [6, 6.07) is 19.9. The molecule has 0 amide bonds. The molecule has 2 aromatic carbocycles. The molecule has 4 rings (SSSR count). The predicted octanol–water partition coefficient (Wildman–Crippen LogP) is 4.69. The van der Waals surface area contributed by atoms with E-state index in [2.05, 4.69) is 27.1 Å². The van der Waals surface area contributed by atoms with Crippen molar-refractivity contribution >= 4 is 22.8 Å². The molecule has 0 spiro atoms. The average molecular weight is 333 g/mol. The fourth-order valence-electron chi connectivity index (χ4n) is 2.38. The number of ether oxygens (including phenoxy) is 1. The van der Waals surface area contributed by atoms with E-state index in [9.17, 15) is 0 Å². The van der Waals surface area contributed by atoms with E-state index in [1.165, 1.54) is 0 Å². The highest BCUT2D eigenvalue weighted by Crippen LogP contribution is 2.29. The first-order valence-electron chi connectivity index (χ1n) is 7.61. The lowest BCUT2D eigenvalue weighted by Crippen LogP contribution is -1.96.